The Hall–Kier alpha value is -2.24. The molecule has 2 aromatic rings. The maximum Gasteiger partial charge on any atom is 0.408 e. The van der Waals surface area contributed by atoms with Crippen molar-refractivity contribution in [3.8, 4) is 0 Å². The predicted octanol–water partition coefficient (Wildman–Crippen LogP) is 3.92. The van der Waals surface area contributed by atoms with Crippen molar-refractivity contribution in [2.24, 2.45) is 0 Å². The molecular weight excluding hydrogens is 353 g/mol. The fourth-order valence-electron chi connectivity index (χ4n) is 2.04. The number of halogens is 2. The summed E-state index contributed by atoms with van der Waals surface area (Å²) in [5.74, 6) is -1.21. The first kappa shape index (κ1) is 18.1. The number of carboxylic acid groups (broad SMARTS) is 1. The minimum Gasteiger partial charge on any atom is -0.480 e. The molecule has 0 radical (unpaired) electrons. The second kappa shape index (κ2) is 8.57. The van der Waals surface area contributed by atoms with Crippen LogP contribution >= 0.6 is 23.2 Å². The largest absolute Gasteiger partial charge is 0.480 e. The van der Waals surface area contributed by atoms with Crippen LogP contribution in [0.15, 0.2) is 48.5 Å². The Kier molecular flexibility index (Phi) is 6.46. The van der Waals surface area contributed by atoms with Gasteiger partial charge in [0.15, 0.2) is 0 Å². The first-order valence-electron chi connectivity index (χ1n) is 7.10. The molecule has 0 unspecified atom stereocenters. The maximum absolute atomic E-state index is 11.8. The summed E-state index contributed by atoms with van der Waals surface area (Å²) in [5, 5.41) is 12.3. The number of rotatable bonds is 6. The van der Waals surface area contributed by atoms with Gasteiger partial charge in [-0.25, -0.2) is 9.59 Å². The van der Waals surface area contributed by atoms with Crippen LogP contribution in [0.4, 0.5) is 4.79 Å². The van der Waals surface area contributed by atoms with Gasteiger partial charge in [-0.2, -0.15) is 0 Å². The molecule has 0 fully saturated rings. The van der Waals surface area contributed by atoms with Crippen LogP contribution in [0.5, 0.6) is 0 Å². The first-order chi connectivity index (χ1) is 11.5. The molecule has 0 spiro atoms. The lowest BCUT2D eigenvalue weighted by atomic mass is 10.1. The van der Waals surface area contributed by atoms with Crippen LogP contribution in [0.2, 0.25) is 10.0 Å². The zero-order chi connectivity index (χ0) is 17.5. The van der Waals surface area contributed by atoms with Gasteiger partial charge in [-0.1, -0.05) is 59.6 Å². The van der Waals surface area contributed by atoms with E-state index in [2.05, 4.69) is 5.32 Å². The fraction of sp³-hybridized carbons (Fsp3) is 0.176. The molecule has 1 atom stereocenters. The monoisotopic (exact) mass is 367 g/mol. The highest BCUT2D eigenvalue weighted by molar-refractivity contribution is 6.36. The average Bonchev–Trinajstić information content (AvgIpc) is 2.56. The summed E-state index contributed by atoms with van der Waals surface area (Å²) in [6.07, 6.45) is -0.872. The molecule has 2 rings (SSSR count). The van der Waals surface area contributed by atoms with Crippen LogP contribution in [-0.2, 0) is 22.6 Å². The van der Waals surface area contributed by atoms with E-state index >= 15 is 0 Å². The lowest BCUT2D eigenvalue weighted by Crippen LogP contribution is -2.42. The van der Waals surface area contributed by atoms with Gasteiger partial charge in [0, 0.05) is 16.5 Å². The average molecular weight is 368 g/mol. The molecule has 126 valence electrons. The number of carboxylic acids is 1. The standard InChI is InChI=1S/C17H15Cl2NO4/c18-13-7-4-8-14(19)12(13)9-15(16(21)22)20-17(23)24-10-11-5-2-1-3-6-11/h1-8,15H,9-10H2,(H,20,23)(H,21,22)/t15-/m1/s1. The number of amides is 1. The number of aliphatic carboxylic acids is 1. The van der Waals surface area contributed by atoms with E-state index in [9.17, 15) is 14.7 Å². The van der Waals surface area contributed by atoms with E-state index < -0.39 is 18.1 Å². The summed E-state index contributed by atoms with van der Waals surface area (Å²) in [4.78, 5) is 23.2. The zero-order valence-electron chi connectivity index (χ0n) is 12.5. The van der Waals surface area contributed by atoms with Gasteiger partial charge in [-0.05, 0) is 23.3 Å². The fourth-order valence-corrected chi connectivity index (χ4v) is 2.59. The Morgan fingerprint density at radius 2 is 1.67 bits per heavy atom. The van der Waals surface area contributed by atoms with Gasteiger partial charge in [-0.3, -0.25) is 0 Å². The van der Waals surface area contributed by atoms with Crippen molar-refractivity contribution in [3.05, 3.63) is 69.7 Å². The van der Waals surface area contributed by atoms with Crippen molar-refractivity contribution in [1.29, 1.82) is 0 Å². The number of nitrogens with one attached hydrogen (secondary N) is 1. The summed E-state index contributed by atoms with van der Waals surface area (Å²) >= 11 is 12.1. The van der Waals surface area contributed by atoms with E-state index in [0.29, 0.717) is 15.6 Å². The molecule has 0 aliphatic heterocycles. The normalized spacial score (nSPS) is 11.6. The number of ether oxygens (including phenoxy) is 1. The first-order valence-corrected chi connectivity index (χ1v) is 7.86. The molecule has 2 N–H and O–H groups in total. The van der Waals surface area contributed by atoms with Gasteiger partial charge >= 0.3 is 12.1 Å². The zero-order valence-corrected chi connectivity index (χ0v) is 14.1. The minimum atomic E-state index is -1.21. The Morgan fingerprint density at radius 1 is 1.04 bits per heavy atom. The molecule has 2 aromatic carbocycles. The van der Waals surface area contributed by atoms with Crippen molar-refractivity contribution in [1.82, 2.24) is 5.32 Å². The van der Waals surface area contributed by atoms with E-state index in [1.165, 1.54) is 0 Å². The third-order valence-corrected chi connectivity index (χ3v) is 3.98. The van der Waals surface area contributed by atoms with Crippen molar-refractivity contribution >= 4 is 35.3 Å². The van der Waals surface area contributed by atoms with E-state index in [4.69, 9.17) is 27.9 Å². The lowest BCUT2D eigenvalue weighted by molar-refractivity contribution is -0.139. The Labute approximate surface area is 149 Å². The summed E-state index contributed by atoms with van der Waals surface area (Å²) < 4.78 is 5.03. The molecule has 0 bridgehead atoms. The Balaban J connectivity index is 1.98. The SMILES string of the molecule is O=C(N[C@H](Cc1c(Cl)cccc1Cl)C(=O)O)OCc1ccccc1. The van der Waals surface area contributed by atoms with Crippen LogP contribution in [0.25, 0.3) is 0 Å². The molecule has 0 saturated carbocycles. The number of carbonyl (C=O) groups is 2. The topological polar surface area (TPSA) is 75.6 Å². The molecule has 0 saturated heterocycles. The molecule has 7 heteroatoms. The van der Waals surface area contributed by atoms with Gasteiger partial charge in [0.2, 0.25) is 0 Å². The number of hydrogen-bond donors (Lipinski definition) is 2. The van der Waals surface area contributed by atoms with Gasteiger partial charge < -0.3 is 15.2 Å². The molecule has 0 aliphatic carbocycles. The molecule has 5 nitrogen and oxygen atoms in total. The van der Waals surface area contributed by atoms with E-state index in [1.54, 1.807) is 30.3 Å². The van der Waals surface area contributed by atoms with Gasteiger partial charge in [0.05, 0.1) is 0 Å². The summed E-state index contributed by atoms with van der Waals surface area (Å²) in [6.45, 7) is 0.0475. The van der Waals surface area contributed by atoms with Crippen molar-refractivity contribution in [3.63, 3.8) is 0 Å². The van der Waals surface area contributed by atoms with Crippen molar-refractivity contribution in [2.75, 3.05) is 0 Å². The van der Waals surface area contributed by atoms with Crippen molar-refractivity contribution < 1.29 is 19.4 Å². The highest BCUT2D eigenvalue weighted by Crippen LogP contribution is 2.25. The molecule has 1 amide bonds. The predicted molar refractivity (Wildman–Crippen MR) is 91.4 cm³/mol. The smallest absolute Gasteiger partial charge is 0.408 e. The van der Waals surface area contributed by atoms with E-state index in [1.807, 2.05) is 18.2 Å². The quantitative estimate of drug-likeness (QED) is 0.811. The summed E-state index contributed by atoms with van der Waals surface area (Å²) in [6, 6.07) is 12.7. The second-order valence-electron chi connectivity index (χ2n) is 5.00. The number of benzene rings is 2. The minimum absolute atomic E-state index is 0.0473. The highest BCUT2D eigenvalue weighted by atomic mass is 35.5. The number of alkyl carbamates (subject to hydrolysis) is 1. The highest BCUT2D eigenvalue weighted by Gasteiger charge is 2.23. The Morgan fingerprint density at radius 3 is 2.25 bits per heavy atom. The second-order valence-corrected chi connectivity index (χ2v) is 5.82. The Bertz CT molecular complexity index is 702. The molecular formula is C17H15Cl2NO4. The summed E-state index contributed by atoms with van der Waals surface area (Å²) in [7, 11) is 0. The third-order valence-electron chi connectivity index (χ3n) is 3.27. The van der Waals surface area contributed by atoms with Crippen LogP contribution < -0.4 is 5.32 Å². The van der Waals surface area contributed by atoms with Gasteiger partial charge in [-0.15, -0.1) is 0 Å². The van der Waals surface area contributed by atoms with Crippen LogP contribution in [0.1, 0.15) is 11.1 Å². The van der Waals surface area contributed by atoms with Crippen LogP contribution in [0, 0.1) is 0 Å². The molecule has 24 heavy (non-hydrogen) atoms. The van der Waals surface area contributed by atoms with Crippen molar-refractivity contribution in [2.45, 2.75) is 19.1 Å². The maximum atomic E-state index is 11.8. The molecule has 0 aliphatic rings. The van der Waals surface area contributed by atoms with Crippen LogP contribution in [0.3, 0.4) is 0 Å². The number of hydrogen-bond acceptors (Lipinski definition) is 3. The van der Waals surface area contributed by atoms with Crippen LogP contribution in [-0.4, -0.2) is 23.2 Å². The lowest BCUT2D eigenvalue weighted by Gasteiger charge is -2.16. The third kappa shape index (κ3) is 5.15. The van der Waals surface area contributed by atoms with E-state index in [-0.39, 0.29) is 13.0 Å². The van der Waals surface area contributed by atoms with Gasteiger partial charge in [0.25, 0.3) is 0 Å². The van der Waals surface area contributed by atoms with Gasteiger partial charge in [0.1, 0.15) is 12.6 Å². The van der Waals surface area contributed by atoms with E-state index in [0.717, 1.165) is 5.56 Å². The number of carbonyl (C=O) groups excluding carboxylic acids is 1. The summed E-state index contributed by atoms with van der Waals surface area (Å²) in [5.41, 5.74) is 1.25. The molecule has 0 heterocycles. The molecule has 0 aromatic heterocycles.